The fourth-order valence-electron chi connectivity index (χ4n) is 1.71. The number of amides is 1. The van der Waals surface area contributed by atoms with Crippen LogP contribution in [-0.4, -0.2) is 49.2 Å². The van der Waals surface area contributed by atoms with Crippen molar-refractivity contribution in [2.75, 3.05) is 27.3 Å². The van der Waals surface area contributed by atoms with E-state index in [4.69, 9.17) is 9.84 Å². The van der Waals surface area contributed by atoms with Crippen molar-refractivity contribution in [2.24, 2.45) is 0 Å². The van der Waals surface area contributed by atoms with Gasteiger partial charge in [0, 0.05) is 32.3 Å². The van der Waals surface area contributed by atoms with Crippen molar-refractivity contribution in [2.45, 2.75) is 6.92 Å². The highest BCUT2D eigenvalue weighted by Crippen LogP contribution is 2.14. The fraction of sp³-hybridized carbons (Fsp3) is 0.333. The van der Waals surface area contributed by atoms with Crippen molar-refractivity contribution in [1.29, 1.82) is 0 Å². The van der Waals surface area contributed by atoms with E-state index in [2.05, 4.69) is 0 Å². The number of rotatable bonds is 6. The Morgan fingerprint density at radius 2 is 2.10 bits per heavy atom. The summed E-state index contributed by atoms with van der Waals surface area (Å²) >= 11 is 0. The number of aliphatic carboxylic acids is 1. The summed E-state index contributed by atoms with van der Waals surface area (Å²) in [5, 5.41) is 8.60. The number of carboxylic acid groups (broad SMARTS) is 1. The van der Waals surface area contributed by atoms with Crippen molar-refractivity contribution in [3.05, 3.63) is 41.0 Å². The van der Waals surface area contributed by atoms with Crippen LogP contribution in [0.15, 0.2) is 24.3 Å². The number of carbonyl (C=O) groups is 2. The maximum absolute atomic E-state index is 12.1. The van der Waals surface area contributed by atoms with Crippen LogP contribution in [0.3, 0.4) is 0 Å². The molecule has 0 aromatic heterocycles. The van der Waals surface area contributed by atoms with Gasteiger partial charge in [0.2, 0.25) is 0 Å². The zero-order valence-electron chi connectivity index (χ0n) is 11.9. The topological polar surface area (TPSA) is 66.8 Å². The lowest BCUT2D eigenvalue weighted by Gasteiger charge is -2.17. The SMILES string of the molecule is COCCN(C)C(=O)c1ccc(/C=C/C(=O)O)c(C)c1. The molecule has 1 rings (SSSR count). The molecule has 5 heteroatoms. The van der Waals surface area contributed by atoms with Crippen LogP contribution in [0.25, 0.3) is 6.08 Å². The summed E-state index contributed by atoms with van der Waals surface area (Å²) in [5.41, 5.74) is 2.21. The molecular weight excluding hydrogens is 258 g/mol. The monoisotopic (exact) mass is 277 g/mol. The third kappa shape index (κ3) is 4.51. The van der Waals surface area contributed by atoms with Crippen LogP contribution in [-0.2, 0) is 9.53 Å². The number of aryl methyl sites for hydroxylation is 1. The van der Waals surface area contributed by atoms with Crippen molar-refractivity contribution < 1.29 is 19.4 Å². The molecule has 1 amide bonds. The lowest BCUT2D eigenvalue weighted by atomic mass is 10.0. The smallest absolute Gasteiger partial charge is 0.328 e. The summed E-state index contributed by atoms with van der Waals surface area (Å²) in [6, 6.07) is 5.19. The first-order valence-corrected chi connectivity index (χ1v) is 6.21. The Hall–Kier alpha value is -2.14. The lowest BCUT2D eigenvalue weighted by Crippen LogP contribution is -2.29. The number of carboxylic acids is 1. The van der Waals surface area contributed by atoms with Gasteiger partial charge in [-0.2, -0.15) is 0 Å². The number of likely N-dealkylation sites (N-methyl/N-ethyl adjacent to an activating group) is 1. The first-order valence-electron chi connectivity index (χ1n) is 6.21. The molecule has 1 aromatic carbocycles. The van der Waals surface area contributed by atoms with E-state index in [0.29, 0.717) is 18.7 Å². The molecule has 1 aromatic rings. The summed E-state index contributed by atoms with van der Waals surface area (Å²) in [6.45, 7) is 2.85. The average molecular weight is 277 g/mol. The Morgan fingerprint density at radius 1 is 1.40 bits per heavy atom. The minimum absolute atomic E-state index is 0.0843. The predicted molar refractivity (Wildman–Crippen MR) is 76.7 cm³/mol. The van der Waals surface area contributed by atoms with E-state index < -0.39 is 5.97 Å². The van der Waals surface area contributed by atoms with Crippen molar-refractivity contribution in [1.82, 2.24) is 4.90 Å². The van der Waals surface area contributed by atoms with Crippen molar-refractivity contribution in [3.63, 3.8) is 0 Å². The molecule has 0 aliphatic carbocycles. The maximum atomic E-state index is 12.1. The second kappa shape index (κ2) is 7.45. The molecule has 0 unspecified atom stereocenters. The van der Waals surface area contributed by atoms with Crippen molar-refractivity contribution in [3.8, 4) is 0 Å². The Morgan fingerprint density at radius 3 is 2.65 bits per heavy atom. The third-order valence-electron chi connectivity index (χ3n) is 2.90. The van der Waals surface area contributed by atoms with E-state index >= 15 is 0 Å². The molecule has 0 aliphatic rings. The van der Waals surface area contributed by atoms with E-state index in [1.165, 1.54) is 6.08 Å². The quantitative estimate of drug-likeness (QED) is 0.805. The van der Waals surface area contributed by atoms with Crippen LogP contribution in [0.4, 0.5) is 0 Å². The van der Waals surface area contributed by atoms with Gasteiger partial charge in [-0.25, -0.2) is 4.79 Å². The van der Waals surface area contributed by atoms with Gasteiger partial charge in [0.25, 0.3) is 5.91 Å². The number of ether oxygens (including phenoxy) is 1. The first-order chi connectivity index (χ1) is 9.45. The number of carbonyl (C=O) groups excluding carboxylic acids is 1. The molecule has 108 valence electrons. The number of hydrogen-bond donors (Lipinski definition) is 1. The molecule has 0 saturated carbocycles. The van der Waals surface area contributed by atoms with E-state index in [1.807, 2.05) is 6.92 Å². The number of hydrogen-bond acceptors (Lipinski definition) is 3. The van der Waals surface area contributed by atoms with Gasteiger partial charge in [-0.1, -0.05) is 6.07 Å². The molecule has 0 fully saturated rings. The summed E-state index contributed by atoms with van der Waals surface area (Å²) in [7, 11) is 3.31. The molecule has 0 spiro atoms. The van der Waals surface area contributed by atoms with Gasteiger partial charge in [0.05, 0.1) is 6.61 Å². The van der Waals surface area contributed by atoms with Gasteiger partial charge >= 0.3 is 5.97 Å². The van der Waals surface area contributed by atoms with Gasteiger partial charge in [-0.15, -0.1) is 0 Å². The molecule has 20 heavy (non-hydrogen) atoms. The molecule has 0 bridgehead atoms. The van der Waals surface area contributed by atoms with Crippen LogP contribution in [0.5, 0.6) is 0 Å². The number of nitrogens with zero attached hydrogens (tertiary/aromatic N) is 1. The Balaban J connectivity index is 2.86. The Bertz CT molecular complexity index is 523. The molecule has 0 aliphatic heterocycles. The maximum Gasteiger partial charge on any atom is 0.328 e. The van der Waals surface area contributed by atoms with Crippen LogP contribution in [0, 0.1) is 6.92 Å². The minimum atomic E-state index is -0.996. The zero-order valence-corrected chi connectivity index (χ0v) is 11.9. The number of benzene rings is 1. The second-order valence-electron chi connectivity index (χ2n) is 4.46. The van der Waals surface area contributed by atoms with Crippen LogP contribution < -0.4 is 0 Å². The highest BCUT2D eigenvalue weighted by atomic mass is 16.5. The number of methoxy groups -OCH3 is 1. The van der Waals surface area contributed by atoms with Crippen molar-refractivity contribution >= 4 is 18.0 Å². The Labute approximate surface area is 118 Å². The molecule has 0 saturated heterocycles. The summed E-state index contributed by atoms with van der Waals surface area (Å²) < 4.78 is 4.94. The first kappa shape index (κ1) is 15.9. The molecular formula is C15H19NO4. The Kier molecular flexibility index (Phi) is 5.93. The zero-order chi connectivity index (χ0) is 15.1. The van der Waals surface area contributed by atoms with E-state index in [-0.39, 0.29) is 5.91 Å². The van der Waals surface area contributed by atoms with Crippen LogP contribution in [0.2, 0.25) is 0 Å². The van der Waals surface area contributed by atoms with Gasteiger partial charge in [0.1, 0.15) is 0 Å². The molecule has 0 radical (unpaired) electrons. The van der Waals surface area contributed by atoms with Gasteiger partial charge in [-0.3, -0.25) is 4.79 Å². The summed E-state index contributed by atoms with van der Waals surface area (Å²) in [6.07, 6.45) is 2.59. The second-order valence-corrected chi connectivity index (χ2v) is 4.46. The molecule has 0 atom stereocenters. The summed E-state index contributed by atoms with van der Waals surface area (Å²) in [5.74, 6) is -1.08. The van der Waals surface area contributed by atoms with Crippen LogP contribution in [0.1, 0.15) is 21.5 Å². The summed E-state index contributed by atoms with van der Waals surface area (Å²) in [4.78, 5) is 24.2. The van der Waals surface area contributed by atoms with Gasteiger partial charge < -0.3 is 14.7 Å². The normalized spacial score (nSPS) is 10.8. The van der Waals surface area contributed by atoms with Gasteiger partial charge in [-0.05, 0) is 36.3 Å². The fourth-order valence-corrected chi connectivity index (χ4v) is 1.71. The highest BCUT2D eigenvalue weighted by molar-refractivity contribution is 5.94. The highest BCUT2D eigenvalue weighted by Gasteiger charge is 2.12. The van der Waals surface area contributed by atoms with E-state index in [0.717, 1.165) is 17.2 Å². The van der Waals surface area contributed by atoms with E-state index in [9.17, 15) is 9.59 Å². The molecule has 1 N–H and O–H groups in total. The standard InChI is InChI=1S/C15H19NO4/c1-11-10-13(15(19)16(2)8-9-20-3)5-4-12(11)6-7-14(17)18/h4-7,10H,8-9H2,1-3H3,(H,17,18)/b7-6+. The molecule has 0 heterocycles. The minimum Gasteiger partial charge on any atom is -0.478 e. The van der Waals surface area contributed by atoms with Gasteiger partial charge in [0.15, 0.2) is 0 Å². The van der Waals surface area contributed by atoms with E-state index in [1.54, 1.807) is 37.3 Å². The van der Waals surface area contributed by atoms with Crippen LogP contribution >= 0.6 is 0 Å². The molecule has 5 nitrogen and oxygen atoms in total. The average Bonchev–Trinajstić information content (AvgIpc) is 2.42. The predicted octanol–water partition coefficient (Wildman–Crippen LogP) is 1.81. The third-order valence-corrected chi connectivity index (χ3v) is 2.90. The lowest BCUT2D eigenvalue weighted by molar-refractivity contribution is -0.131. The largest absolute Gasteiger partial charge is 0.478 e.